The summed E-state index contributed by atoms with van der Waals surface area (Å²) in [5.41, 5.74) is 3.16. The summed E-state index contributed by atoms with van der Waals surface area (Å²) in [6.07, 6.45) is -4.23. The Morgan fingerprint density at radius 2 is 1.87 bits per heavy atom. The summed E-state index contributed by atoms with van der Waals surface area (Å²) in [6, 6.07) is 11.5. The van der Waals surface area contributed by atoms with E-state index in [0.717, 1.165) is 28.6 Å². The summed E-state index contributed by atoms with van der Waals surface area (Å²) < 4.78 is 39.6. The zero-order valence-electron chi connectivity index (χ0n) is 17.6. The van der Waals surface area contributed by atoms with Crippen LogP contribution in [0.15, 0.2) is 47.8 Å². The van der Waals surface area contributed by atoms with Crippen LogP contribution in [0.5, 0.6) is 0 Å². The second kappa shape index (κ2) is 9.62. The second-order valence-electron chi connectivity index (χ2n) is 7.60. The SMILES string of the molecule is Cc1ccc(C)c(NC(=O)Cc2nc(CN(C)Cc3ccccc3C(F)(F)F)cs2)c1. The number of aryl methyl sites for hydroxylation is 2. The molecule has 4 nitrogen and oxygen atoms in total. The molecule has 0 aliphatic rings. The van der Waals surface area contributed by atoms with Crippen LogP contribution < -0.4 is 5.32 Å². The fraction of sp³-hybridized carbons (Fsp3) is 0.304. The highest BCUT2D eigenvalue weighted by Crippen LogP contribution is 2.32. The number of carbonyl (C=O) groups excluding carboxylic acids is 1. The predicted octanol–water partition coefficient (Wildman–Crippen LogP) is 5.59. The van der Waals surface area contributed by atoms with Gasteiger partial charge in [-0.1, -0.05) is 30.3 Å². The third kappa shape index (κ3) is 6.38. The highest BCUT2D eigenvalue weighted by Gasteiger charge is 2.33. The molecule has 0 radical (unpaired) electrons. The largest absolute Gasteiger partial charge is 0.416 e. The number of nitrogens with one attached hydrogen (secondary N) is 1. The smallest absolute Gasteiger partial charge is 0.325 e. The lowest BCUT2D eigenvalue weighted by molar-refractivity contribution is -0.138. The molecule has 3 rings (SSSR count). The first-order valence-corrected chi connectivity index (χ1v) is 10.6. The van der Waals surface area contributed by atoms with Gasteiger partial charge in [0.25, 0.3) is 0 Å². The molecule has 1 N–H and O–H groups in total. The van der Waals surface area contributed by atoms with Crippen LogP contribution in [0.4, 0.5) is 18.9 Å². The van der Waals surface area contributed by atoms with Gasteiger partial charge in [0.15, 0.2) is 0 Å². The number of thiazole rings is 1. The van der Waals surface area contributed by atoms with Crippen molar-refractivity contribution in [1.29, 1.82) is 0 Å². The molecular weight excluding hydrogens is 423 g/mol. The summed E-state index contributed by atoms with van der Waals surface area (Å²) in [7, 11) is 1.75. The molecule has 0 atom stereocenters. The Morgan fingerprint density at radius 1 is 1.13 bits per heavy atom. The molecule has 3 aromatic rings. The quantitative estimate of drug-likeness (QED) is 0.513. The van der Waals surface area contributed by atoms with E-state index >= 15 is 0 Å². The number of aromatic nitrogens is 1. The molecule has 164 valence electrons. The number of anilines is 1. The first-order valence-electron chi connectivity index (χ1n) is 9.76. The fourth-order valence-electron chi connectivity index (χ4n) is 3.26. The first kappa shape index (κ1) is 23.0. The highest BCUT2D eigenvalue weighted by atomic mass is 32.1. The van der Waals surface area contributed by atoms with Crippen LogP contribution >= 0.6 is 11.3 Å². The number of rotatable bonds is 7. The third-order valence-corrected chi connectivity index (χ3v) is 5.67. The topological polar surface area (TPSA) is 45.2 Å². The van der Waals surface area contributed by atoms with Crippen LogP contribution in [-0.4, -0.2) is 22.8 Å². The van der Waals surface area contributed by atoms with Gasteiger partial charge in [-0.2, -0.15) is 13.2 Å². The molecule has 0 aliphatic heterocycles. The molecule has 0 aliphatic carbocycles. The molecule has 0 unspecified atom stereocenters. The summed E-state index contributed by atoms with van der Waals surface area (Å²) in [4.78, 5) is 18.6. The van der Waals surface area contributed by atoms with Crippen LogP contribution in [0.3, 0.4) is 0 Å². The van der Waals surface area contributed by atoms with E-state index in [2.05, 4.69) is 10.3 Å². The molecule has 1 aromatic heterocycles. The van der Waals surface area contributed by atoms with Gasteiger partial charge in [-0.05, 0) is 49.7 Å². The molecular formula is C23H24F3N3OS. The summed E-state index contributed by atoms with van der Waals surface area (Å²) in [5.74, 6) is -0.151. The van der Waals surface area contributed by atoms with E-state index in [-0.39, 0.29) is 24.4 Å². The van der Waals surface area contributed by atoms with E-state index in [1.54, 1.807) is 18.0 Å². The third-order valence-electron chi connectivity index (χ3n) is 4.77. The van der Waals surface area contributed by atoms with Crippen molar-refractivity contribution in [2.75, 3.05) is 12.4 Å². The van der Waals surface area contributed by atoms with Crippen molar-refractivity contribution in [3.8, 4) is 0 Å². The number of alkyl halides is 3. The van der Waals surface area contributed by atoms with Crippen LogP contribution in [0.25, 0.3) is 0 Å². The molecule has 2 aromatic carbocycles. The maximum atomic E-state index is 13.2. The van der Waals surface area contributed by atoms with Gasteiger partial charge < -0.3 is 5.32 Å². The molecule has 0 spiro atoms. The minimum atomic E-state index is -4.38. The average molecular weight is 448 g/mol. The first-order chi connectivity index (χ1) is 14.6. The van der Waals surface area contributed by atoms with Gasteiger partial charge in [0.1, 0.15) is 5.01 Å². The Balaban J connectivity index is 1.59. The standard InChI is InChI=1S/C23H24F3N3OS/c1-15-8-9-16(2)20(10-15)28-21(30)11-22-27-18(14-31-22)13-29(3)12-17-6-4-5-7-19(17)23(24,25)26/h4-10,14H,11-13H2,1-3H3,(H,28,30). The van der Waals surface area contributed by atoms with Crippen molar-refractivity contribution in [2.45, 2.75) is 39.5 Å². The molecule has 0 bridgehead atoms. The number of hydrogen-bond acceptors (Lipinski definition) is 4. The van der Waals surface area contributed by atoms with E-state index in [1.165, 1.54) is 23.5 Å². The Kier molecular flexibility index (Phi) is 7.12. The average Bonchev–Trinajstić information content (AvgIpc) is 3.10. The minimum Gasteiger partial charge on any atom is -0.325 e. The monoisotopic (exact) mass is 447 g/mol. The van der Waals surface area contributed by atoms with Gasteiger partial charge in [-0.3, -0.25) is 9.69 Å². The van der Waals surface area contributed by atoms with E-state index in [0.29, 0.717) is 11.6 Å². The lowest BCUT2D eigenvalue weighted by Crippen LogP contribution is -2.20. The fourth-order valence-corrected chi connectivity index (χ4v) is 4.05. The number of nitrogens with zero attached hydrogens (tertiary/aromatic N) is 2. The van der Waals surface area contributed by atoms with Gasteiger partial charge in [0.2, 0.25) is 5.91 Å². The van der Waals surface area contributed by atoms with E-state index < -0.39 is 11.7 Å². The molecule has 8 heteroatoms. The molecule has 0 fully saturated rings. The Morgan fingerprint density at radius 3 is 2.61 bits per heavy atom. The maximum absolute atomic E-state index is 13.2. The number of benzene rings is 2. The second-order valence-corrected chi connectivity index (χ2v) is 8.55. The Hall–Kier alpha value is -2.71. The van der Waals surface area contributed by atoms with E-state index in [4.69, 9.17) is 0 Å². The van der Waals surface area contributed by atoms with Gasteiger partial charge in [-0.25, -0.2) is 4.98 Å². The number of hydrogen-bond donors (Lipinski definition) is 1. The van der Waals surface area contributed by atoms with Crippen molar-refractivity contribution in [3.05, 3.63) is 80.8 Å². The lowest BCUT2D eigenvalue weighted by atomic mass is 10.1. The van der Waals surface area contributed by atoms with Crippen molar-refractivity contribution < 1.29 is 18.0 Å². The van der Waals surface area contributed by atoms with Crippen molar-refractivity contribution in [1.82, 2.24) is 9.88 Å². The van der Waals surface area contributed by atoms with Crippen molar-refractivity contribution in [2.24, 2.45) is 0 Å². The number of amides is 1. The van der Waals surface area contributed by atoms with E-state index in [1.807, 2.05) is 37.4 Å². The summed E-state index contributed by atoms with van der Waals surface area (Å²) in [5, 5.41) is 5.42. The minimum absolute atomic E-state index is 0.148. The summed E-state index contributed by atoms with van der Waals surface area (Å²) >= 11 is 1.37. The van der Waals surface area contributed by atoms with Crippen molar-refractivity contribution in [3.63, 3.8) is 0 Å². The van der Waals surface area contributed by atoms with Crippen LogP contribution in [0.2, 0.25) is 0 Å². The van der Waals surface area contributed by atoms with Gasteiger partial charge in [0, 0.05) is 24.2 Å². The van der Waals surface area contributed by atoms with Crippen LogP contribution in [0.1, 0.15) is 33.0 Å². The lowest BCUT2D eigenvalue weighted by Gasteiger charge is -2.19. The van der Waals surface area contributed by atoms with Gasteiger partial charge in [0.05, 0.1) is 17.7 Å². The Bertz CT molecular complexity index is 1060. The van der Waals surface area contributed by atoms with Gasteiger partial charge >= 0.3 is 6.18 Å². The molecule has 1 heterocycles. The zero-order chi connectivity index (χ0) is 22.6. The number of halogens is 3. The van der Waals surface area contributed by atoms with Crippen LogP contribution in [-0.2, 0) is 30.5 Å². The molecule has 31 heavy (non-hydrogen) atoms. The Labute approximate surface area is 183 Å². The zero-order valence-corrected chi connectivity index (χ0v) is 18.4. The van der Waals surface area contributed by atoms with Gasteiger partial charge in [-0.15, -0.1) is 11.3 Å². The normalized spacial score (nSPS) is 11.7. The highest BCUT2D eigenvalue weighted by molar-refractivity contribution is 7.09. The van der Waals surface area contributed by atoms with Crippen LogP contribution in [0, 0.1) is 13.8 Å². The van der Waals surface area contributed by atoms with Crippen molar-refractivity contribution >= 4 is 22.9 Å². The molecule has 0 saturated heterocycles. The van der Waals surface area contributed by atoms with E-state index in [9.17, 15) is 18.0 Å². The predicted molar refractivity (Wildman–Crippen MR) is 117 cm³/mol. The maximum Gasteiger partial charge on any atom is 0.416 e. The summed E-state index contributed by atoms with van der Waals surface area (Å²) in [6.45, 7) is 4.44. The molecule has 1 amide bonds. The number of carbonyl (C=O) groups is 1. The molecule has 0 saturated carbocycles.